The molecule has 2 aromatic rings. The van der Waals surface area contributed by atoms with Gasteiger partial charge >= 0.3 is 0 Å². The van der Waals surface area contributed by atoms with Crippen LogP contribution >= 0.6 is 12.2 Å². The van der Waals surface area contributed by atoms with Crippen LogP contribution in [0, 0.1) is 11.7 Å². The number of rotatable bonds is 3. The number of aryl methyl sites for hydroxylation is 1. The molecule has 1 aromatic heterocycles. The van der Waals surface area contributed by atoms with Gasteiger partial charge in [-0.2, -0.15) is 5.10 Å². The van der Waals surface area contributed by atoms with Gasteiger partial charge in [-0.15, -0.1) is 0 Å². The summed E-state index contributed by atoms with van der Waals surface area (Å²) in [5.41, 5.74) is 0.888. The Hall–Kier alpha value is -1.82. The summed E-state index contributed by atoms with van der Waals surface area (Å²) in [6.45, 7) is 1.88. The van der Waals surface area contributed by atoms with E-state index in [1.165, 1.54) is 0 Å². The third-order valence-corrected chi connectivity index (χ3v) is 2.74. The molecule has 1 heterocycles. The van der Waals surface area contributed by atoms with Gasteiger partial charge in [-0.25, -0.2) is 0 Å². The first-order valence-corrected chi connectivity index (χ1v) is 5.44. The van der Waals surface area contributed by atoms with Crippen LogP contribution in [-0.4, -0.2) is 29.0 Å². The molecule has 1 N–H and O–H groups in total. The standard InChI is InChI=1S/C11H13N3O2S/c1-7-12-13-11(17)14(7)8-4-5-9(15-2)10(6-8)16-3/h4-6H,1-3H3,(H,13,17). The van der Waals surface area contributed by atoms with Crippen LogP contribution in [0.25, 0.3) is 5.69 Å². The molecule has 0 aliphatic heterocycles. The lowest BCUT2D eigenvalue weighted by Crippen LogP contribution is -1.99. The highest BCUT2D eigenvalue weighted by Gasteiger charge is 2.08. The minimum Gasteiger partial charge on any atom is -0.493 e. The van der Waals surface area contributed by atoms with Crippen LogP contribution in [0.3, 0.4) is 0 Å². The summed E-state index contributed by atoms with van der Waals surface area (Å²) in [5, 5.41) is 6.81. The molecule has 0 aliphatic carbocycles. The van der Waals surface area contributed by atoms with Crippen LogP contribution in [0.2, 0.25) is 0 Å². The van der Waals surface area contributed by atoms with Crippen molar-refractivity contribution < 1.29 is 9.47 Å². The molecule has 0 unspecified atom stereocenters. The smallest absolute Gasteiger partial charge is 0.199 e. The van der Waals surface area contributed by atoms with Crippen LogP contribution in [0.1, 0.15) is 5.82 Å². The monoisotopic (exact) mass is 251 g/mol. The minimum atomic E-state index is 0.551. The Bertz CT molecular complexity index is 589. The van der Waals surface area contributed by atoms with Gasteiger partial charge in [0.25, 0.3) is 0 Å². The first kappa shape index (κ1) is 11.7. The topological polar surface area (TPSA) is 52.1 Å². The summed E-state index contributed by atoms with van der Waals surface area (Å²) in [7, 11) is 3.20. The van der Waals surface area contributed by atoms with E-state index >= 15 is 0 Å². The number of hydrogen-bond donors (Lipinski definition) is 1. The molecule has 0 saturated carbocycles. The van der Waals surface area contributed by atoms with Gasteiger partial charge in [0.15, 0.2) is 16.3 Å². The van der Waals surface area contributed by atoms with Crippen molar-refractivity contribution in [3.63, 3.8) is 0 Å². The Morgan fingerprint density at radius 3 is 2.47 bits per heavy atom. The summed E-state index contributed by atoms with van der Waals surface area (Å²) in [6, 6.07) is 5.60. The number of aromatic amines is 1. The number of benzene rings is 1. The molecule has 6 heteroatoms. The molecule has 5 nitrogen and oxygen atoms in total. The lowest BCUT2D eigenvalue weighted by molar-refractivity contribution is 0.355. The highest BCUT2D eigenvalue weighted by molar-refractivity contribution is 7.71. The predicted octanol–water partition coefficient (Wildman–Crippen LogP) is 2.26. The van der Waals surface area contributed by atoms with E-state index in [0.29, 0.717) is 16.3 Å². The van der Waals surface area contributed by atoms with Gasteiger partial charge in [0.1, 0.15) is 5.82 Å². The lowest BCUT2D eigenvalue weighted by Gasteiger charge is -2.10. The largest absolute Gasteiger partial charge is 0.493 e. The van der Waals surface area contributed by atoms with Crippen molar-refractivity contribution in [2.45, 2.75) is 6.92 Å². The average molecular weight is 251 g/mol. The molecule has 0 radical (unpaired) electrons. The summed E-state index contributed by atoms with van der Waals surface area (Å²) in [4.78, 5) is 0. The van der Waals surface area contributed by atoms with Gasteiger partial charge < -0.3 is 9.47 Å². The van der Waals surface area contributed by atoms with Crippen molar-refractivity contribution >= 4 is 12.2 Å². The molecule has 1 aromatic carbocycles. The Morgan fingerprint density at radius 1 is 1.24 bits per heavy atom. The molecule has 0 spiro atoms. The van der Waals surface area contributed by atoms with E-state index in [-0.39, 0.29) is 0 Å². The van der Waals surface area contributed by atoms with E-state index in [0.717, 1.165) is 11.5 Å². The molecular weight excluding hydrogens is 238 g/mol. The van der Waals surface area contributed by atoms with E-state index in [9.17, 15) is 0 Å². The van der Waals surface area contributed by atoms with Crippen LogP contribution in [0.15, 0.2) is 18.2 Å². The highest BCUT2D eigenvalue weighted by Crippen LogP contribution is 2.29. The van der Waals surface area contributed by atoms with Crippen LogP contribution in [0.5, 0.6) is 11.5 Å². The Balaban J connectivity index is 2.58. The zero-order valence-corrected chi connectivity index (χ0v) is 10.7. The van der Waals surface area contributed by atoms with Gasteiger partial charge in [-0.3, -0.25) is 9.67 Å². The second-order valence-electron chi connectivity index (χ2n) is 3.45. The van der Waals surface area contributed by atoms with Crippen molar-refractivity contribution in [3.8, 4) is 17.2 Å². The van der Waals surface area contributed by atoms with Gasteiger partial charge in [0, 0.05) is 6.07 Å². The summed E-state index contributed by atoms with van der Waals surface area (Å²) >= 11 is 5.17. The maximum absolute atomic E-state index is 5.25. The number of aromatic nitrogens is 3. The molecule has 0 aliphatic rings. The highest BCUT2D eigenvalue weighted by atomic mass is 32.1. The van der Waals surface area contributed by atoms with Gasteiger partial charge in [0.05, 0.1) is 19.9 Å². The Kier molecular flexibility index (Phi) is 3.14. The molecule has 0 saturated heterocycles. The fraction of sp³-hybridized carbons (Fsp3) is 0.273. The summed E-state index contributed by atoms with van der Waals surface area (Å²) < 4.78 is 12.8. The van der Waals surface area contributed by atoms with Crippen molar-refractivity contribution in [1.82, 2.24) is 14.8 Å². The summed E-state index contributed by atoms with van der Waals surface area (Å²) in [6.07, 6.45) is 0. The summed E-state index contributed by atoms with van der Waals surface area (Å²) in [5.74, 6) is 2.14. The molecule has 90 valence electrons. The fourth-order valence-corrected chi connectivity index (χ4v) is 1.93. The Morgan fingerprint density at radius 2 is 1.94 bits per heavy atom. The molecule has 0 atom stereocenters. The van der Waals surface area contributed by atoms with Crippen molar-refractivity contribution in [3.05, 3.63) is 28.8 Å². The van der Waals surface area contributed by atoms with Crippen molar-refractivity contribution in [1.29, 1.82) is 0 Å². The van der Waals surface area contributed by atoms with E-state index in [1.807, 2.05) is 29.7 Å². The van der Waals surface area contributed by atoms with E-state index in [2.05, 4.69) is 10.2 Å². The third-order valence-electron chi connectivity index (χ3n) is 2.47. The maximum atomic E-state index is 5.25. The van der Waals surface area contributed by atoms with Crippen LogP contribution < -0.4 is 9.47 Å². The first-order valence-electron chi connectivity index (χ1n) is 5.03. The fourth-order valence-electron chi connectivity index (χ4n) is 1.64. The maximum Gasteiger partial charge on any atom is 0.199 e. The second kappa shape index (κ2) is 4.58. The molecular formula is C11H13N3O2S. The minimum absolute atomic E-state index is 0.551. The molecule has 2 rings (SSSR count). The SMILES string of the molecule is COc1ccc(-n2c(C)n[nH]c2=S)cc1OC. The van der Waals surface area contributed by atoms with E-state index in [1.54, 1.807) is 14.2 Å². The zero-order chi connectivity index (χ0) is 12.4. The van der Waals surface area contributed by atoms with Gasteiger partial charge in [-0.05, 0) is 31.3 Å². The zero-order valence-electron chi connectivity index (χ0n) is 9.85. The lowest BCUT2D eigenvalue weighted by atomic mass is 10.2. The van der Waals surface area contributed by atoms with Crippen molar-refractivity contribution in [2.75, 3.05) is 14.2 Å². The van der Waals surface area contributed by atoms with E-state index in [4.69, 9.17) is 21.7 Å². The normalized spacial score (nSPS) is 10.3. The quantitative estimate of drug-likeness (QED) is 0.850. The van der Waals surface area contributed by atoms with Crippen molar-refractivity contribution in [2.24, 2.45) is 0 Å². The first-order chi connectivity index (χ1) is 8.17. The third kappa shape index (κ3) is 2.03. The number of H-pyrrole nitrogens is 1. The van der Waals surface area contributed by atoms with Gasteiger partial charge in [-0.1, -0.05) is 0 Å². The Labute approximate surface area is 104 Å². The molecule has 0 fully saturated rings. The molecule has 0 bridgehead atoms. The number of ether oxygens (including phenoxy) is 2. The number of nitrogens with one attached hydrogen (secondary N) is 1. The van der Waals surface area contributed by atoms with E-state index < -0.39 is 0 Å². The number of methoxy groups -OCH3 is 2. The van der Waals surface area contributed by atoms with Gasteiger partial charge in [0.2, 0.25) is 0 Å². The van der Waals surface area contributed by atoms with Crippen LogP contribution in [-0.2, 0) is 0 Å². The number of hydrogen-bond acceptors (Lipinski definition) is 4. The second-order valence-corrected chi connectivity index (χ2v) is 3.84. The average Bonchev–Trinajstić information content (AvgIpc) is 2.68. The van der Waals surface area contributed by atoms with Crippen LogP contribution in [0.4, 0.5) is 0 Å². The molecule has 17 heavy (non-hydrogen) atoms. The number of nitrogens with zero attached hydrogens (tertiary/aromatic N) is 2. The predicted molar refractivity (Wildman–Crippen MR) is 66.6 cm³/mol. The molecule has 0 amide bonds.